The number of nitrogens with one attached hydrogen (secondary N) is 1. The summed E-state index contributed by atoms with van der Waals surface area (Å²) in [6.45, 7) is 3.80. The van der Waals surface area contributed by atoms with Crippen LogP contribution in [0.3, 0.4) is 0 Å². The summed E-state index contributed by atoms with van der Waals surface area (Å²) in [4.78, 5) is 17.9. The third-order valence-corrected chi connectivity index (χ3v) is 10.0. The fraction of sp³-hybridized carbons (Fsp3) is 0.344. The average Bonchev–Trinajstić information content (AvgIpc) is 3.41. The molecule has 1 atom stereocenters. The van der Waals surface area contributed by atoms with Crippen molar-refractivity contribution in [2.45, 2.75) is 38.3 Å². The number of aliphatic hydroxyl groups is 1. The summed E-state index contributed by atoms with van der Waals surface area (Å²) in [5.74, 6) is -0.211. The lowest BCUT2D eigenvalue weighted by molar-refractivity contribution is 0.100. The molecule has 0 radical (unpaired) electrons. The smallest absolute Gasteiger partial charge is 0.250 e. The Labute approximate surface area is 241 Å². The molecule has 0 bridgehead atoms. The zero-order valence-corrected chi connectivity index (χ0v) is 24.4. The number of rotatable bonds is 10. The molecule has 0 saturated carbocycles. The molecule has 2 heterocycles. The van der Waals surface area contributed by atoms with Crippen LogP contribution in [0.4, 0.5) is 0 Å². The Kier molecular flexibility index (Phi) is 8.60. The predicted molar refractivity (Wildman–Crippen MR) is 163 cm³/mol. The van der Waals surface area contributed by atoms with Crippen LogP contribution < -0.4 is 5.73 Å². The molecule has 41 heavy (non-hydrogen) atoms. The van der Waals surface area contributed by atoms with Crippen molar-refractivity contribution in [2.75, 3.05) is 32.4 Å². The van der Waals surface area contributed by atoms with Gasteiger partial charge in [-0.15, -0.1) is 0 Å². The van der Waals surface area contributed by atoms with Gasteiger partial charge in [0, 0.05) is 37.8 Å². The summed E-state index contributed by atoms with van der Waals surface area (Å²) in [6.07, 6.45) is 2.81. The summed E-state index contributed by atoms with van der Waals surface area (Å²) in [5.41, 5.74) is 11.9. The van der Waals surface area contributed by atoms with Crippen molar-refractivity contribution >= 4 is 26.8 Å². The van der Waals surface area contributed by atoms with Gasteiger partial charge in [0.25, 0.3) is 5.91 Å². The van der Waals surface area contributed by atoms with Crippen molar-refractivity contribution in [3.63, 3.8) is 0 Å². The van der Waals surface area contributed by atoms with E-state index in [-0.39, 0.29) is 11.7 Å². The van der Waals surface area contributed by atoms with E-state index in [1.807, 2.05) is 61.8 Å². The van der Waals surface area contributed by atoms with E-state index in [9.17, 15) is 18.3 Å². The van der Waals surface area contributed by atoms with E-state index < -0.39 is 22.0 Å². The van der Waals surface area contributed by atoms with Crippen molar-refractivity contribution in [2.24, 2.45) is 5.73 Å². The lowest BCUT2D eigenvalue weighted by Crippen LogP contribution is -2.38. The first-order valence-electron chi connectivity index (χ1n) is 14.1. The Morgan fingerprint density at radius 2 is 1.80 bits per heavy atom. The number of nitrogens with two attached hydrogens (primary N) is 1. The largest absolute Gasteiger partial charge is 0.387 e. The van der Waals surface area contributed by atoms with E-state index in [1.54, 1.807) is 11.2 Å². The zero-order valence-electron chi connectivity index (χ0n) is 23.6. The Hall–Kier alpha value is -3.50. The highest BCUT2D eigenvalue weighted by molar-refractivity contribution is 7.89. The number of carbonyl (C=O) groups excluding carboxylic acids is 1. The molecule has 9 heteroatoms. The SMILES string of the molecule is CCS(=O)(=O)N1CCC(c2c[nH]c3c(C(N)=O)cc(-c4cccc(CN(C)CC(O)c5ccccc5)c4)cc23)CC1. The van der Waals surface area contributed by atoms with Crippen molar-refractivity contribution < 1.29 is 18.3 Å². The number of aromatic nitrogens is 1. The number of hydrogen-bond acceptors (Lipinski definition) is 5. The van der Waals surface area contributed by atoms with Crippen LogP contribution in [0.25, 0.3) is 22.0 Å². The monoisotopic (exact) mass is 574 g/mol. The van der Waals surface area contributed by atoms with E-state index in [1.165, 1.54) is 0 Å². The summed E-state index contributed by atoms with van der Waals surface area (Å²) < 4.78 is 26.3. The quantitative estimate of drug-likeness (QED) is 0.255. The lowest BCUT2D eigenvalue weighted by Gasteiger charge is -2.31. The molecule has 0 aliphatic carbocycles. The second-order valence-corrected chi connectivity index (χ2v) is 13.2. The number of H-pyrrole nitrogens is 1. The molecule has 216 valence electrons. The molecule has 1 unspecified atom stereocenters. The van der Waals surface area contributed by atoms with Crippen LogP contribution in [0.15, 0.2) is 72.9 Å². The molecule has 5 rings (SSSR count). The van der Waals surface area contributed by atoms with Crippen LogP contribution >= 0.6 is 0 Å². The highest BCUT2D eigenvalue weighted by atomic mass is 32.2. The minimum atomic E-state index is -3.20. The number of aromatic amines is 1. The van der Waals surface area contributed by atoms with Crippen LogP contribution in [0.1, 0.15) is 58.8 Å². The molecule has 1 aliphatic rings. The summed E-state index contributed by atoms with van der Waals surface area (Å²) in [7, 11) is -1.22. The normalized spacial score (nSPS) is 15.9. The molecule has 8 nitrogen and oxygen atoms in total. The number of hydrogen-bond donors (Lipinski definition) is 3. The van der Waals surface area contributed by atoms with Crippen LogP contribution in [0.2, 0.25) is 0 Å². The van der Waals surface area contributed by atoms with Gasteiger partial charge in [-0.1, -0.05) is 48.5 Å². The maximum Gasteiger partial charge on any atom is 0.250 e. The summed E-state index contributed by atoms with van der Waals surface area (Å²) >= 11 is 0. The zero-order chi connectivity index (χ0) is 29.1. The average molecular weight is 575 g/mol. The number of carbonyl (C=O) groups is 1. The van der Waals surface area contributed by atoms with Gasteiger partial charge in [-0.05, 0) is 78.7 Å². The Balaban J connectivity index is 1.40. The molecule has 4 aromatic rings. The third kappa shape index (κ3) is 6.38. The predicted octanol–water partition coefficient (Wildman–Crippen LogP) is 4.63. The maximum atomic E-state index is 12.5. The molecular formula is C32H38N4O4S. The number of amides is 1. The summed E-state index contributed by atoms with van der Waals surface area (Å²) in [5, 5.41) is 11.6. The van der Waals surface area contributed by atoms with E-state index in [0.29, 0.717) is 37.3 Å². The van der Waals surface area contributed by atoms with E-state index in [2.05, 4.69) is 28.1 Å². The van der Waals surface area contributed by atoms with Gasteiger partial charge in [0.2, 0.25) is 10.0 Å². The Bertz CT molecular complexity index is 1630. The molecule has 4 N–H and O–H groups in total. The first kappa shape index (κ1) is 29.0. The second-order valence-electron chi connectivity index (χ2n) is 11.0. The molecular weight excluding hydrogens is 536 g/mol. The topological polar surface area (TPSA) is 120 Å². The van der Waals surface area contributed by atoms with Gasteiger partial charge < -0.3 is 15.8 Å². The molecule has 1 fully saturated rings. The number of benzene rings is 3. The third-order valence-electron chi connectivity index (χ3n) is 8.12. The highest BCUT2D eigenvalue weighted by Gasteiger charge is 2.29. The van der Waals surface area contributed by atoms with Gasteiger partial charge in [0.05, 0.1) is 22.9 Å². The van der Waals surface area contributed by atoms with Gasteiger partial charge in [0.15, 0.2) is 0 Å². The fourth-order valence-electron chi connectivity index (χ4n) is 5.88. The van der Waals surface area contributed by atoms with Gasteiger partial charge in [-0.25, -0.2) is 12.7 Å². The van der Waals surface area contributed by atoms with Crippen LogP contribution in [0, 0.1) is 0 Å². The molecule has 1 amide bonds. The minimum absolute atomic E-state index is 0.110. The van der Waals surface area contributed by atoms with E-state index in [4.69, 9.17) is 5.73 Å². The molecule has 3 aromatic carbocycles. The van der Waals surface area contributed by atoms with Crippen LogP contribution in [-0.2, 0) is 16.6 Å². The number of aliphatic hydroxyl groups excluding tert-OH is 1. The number of sulfonamides is 1. The number of likely N-dealkylation sites (N-methyl/N-ethyl adjacent to an activating group) is 1. The van der Waals surface area contributed by atoms with Gasteiger partial charge in [-0.2, -0.15) is 0 Å². The highest BCUT2D eigenvalue weighted by Crippen LogP contribution is 2.37. The van der Waals surface area contributed by atoms with Gasteiger partial charge >= 0.3 is 0 Å². The number of piperidine rings is 1. The number of primary amides is 1. The van der Waals surface area contributed by atoms with Crippen molar-refractivity contribution in [1.29, 1.82) is 0 Å². The van der Waals surface area contributed by atoms with Crippen LogP contribution in [0.5, 0.6) is 0 Å². The van der Waals surface area contributed by atoms with Crippen molar-refractivity contribution in [3.05, 3.63) is 95.2 Å². The first-order valence-corrected chi connectivity index (χ1v) is 15.7. The van der Waals surface area contributed by atoms with Crippen LogP contribution in [-0.4, -0.2) is 66.1 Å². The molecule has 0 spiro atoms. The first-order chi connectivity index (χ1) is 19.7. The lowest BCUT2D eigenvalue weighted by atomic mass is 9.88. The minimum Gasteiger partial charge on any atom is -0.387 e. The summed E-state index contributed by atoms with van der Waals surface area (Å²) in [6, 6.07) is 21.8. The molecule has 1 aromatic heterocycles. The van der Waals surface area contributed by atoms with Crippen molar-refractivity contribution in [3.8, 4) is 11.1 Å². The number of fused-ring (bicyclic) bond motifs is 1. The van der Waals surface area contributed by atoms with Gasteiger partial charge in [-0.3, -0.25) is 9.69 Å². The fourth-order valence-corrected chi connectivity index (χ4v) is 7.01. The Morgan fingerprint density at radius 1 is 1.07 bits per heavy atom. The Morgan fingerprint density at radius 3 is 2.49 bits per heavy atom. The number of nitrogens with zero attached hydrogens (tertiary/aromatic N) is 2. The standard InChI is InChI=1S/C32H38N4O4S/c1-3-41(39,40)36-14-12-23(13-15-36)29-19-34-31-27(29)17-26(18-28(31)32(33)38)25-11-7-8-22(16-25)20-35(2)21-30(37)24-9-5-4-6-10-24/h4-11,16-19,23,30,34,37H,3,12-15,20-21H2,1-2H3,(H2,33,38). The van der Waals surface area contributed by atoms with Crippen molar-refractivity contribution in [1.82, 2.24) is 14.2 Å². The molecule has 1 aliphatic heterocycles. The second kappa shape index (κ2) is 12.2. The van der Waals surface area contributed by atoms with E-state index >= 15 is 0 Å². The maximum absolute atomic E-state index is 12.5. The van der Waals surface area contributed by atoms with Gasteiger partial charge in [0.1, 0.15) is 0 Å². The molecule has 1 saturated heterocycles. The van der Waals surface area contributed by atoms with E-state index in [0.717, 1.165) is 46.0 Å².